The molecule has 1 unspecified atom stereocenters. The first-order valence-electron chi connectivity index (χ1n) is 6.08. The Kier molecular flexibility index (Phi) is 5.58. The zero-order chi connectivity index (χ0) is 15.1. The number of phenols is 2. The van der Waals surface area contributed by atoms with Gasteiger partial charge in [-0.05, 0) is 30.7 Å². The molecule has 0 aromatic heterocycles. The minimum atomic E-state index is -0.885. The number of aromatic hydroxyl groups is 2. The van der Waals surface area contributed by atoms with Crippen molar-refractivity contribution in [1.29, 1.82) is 0 Å². The molecule has 1 amide bonds. The van der Waals surface area contributed by atoms with E-state index in [4.69, 9.17) is 4.74 Å². The van der Waals surface area contributed by atoms with Gasteiger partial charge in [0.2, 0.25) is 5.91 Å². The van der Waals surface area contributed by atoms with Crippen LogP contribution in [0.4, 0.5) is 0 Å². The lowest BCUT2D eigenvalue weighted by atomic mass is 10.1. The average molecular weight is 279 g/mol. The van der Waals surface area contributed by atoms with E-state index in [9.17, 15) is 19.8 Å². The highest BCUT2D eigenvalue weighted by molar-refractivity contribution is 5.91. The summed E-state index contributed by atoms with van der Waals surface area (Å²) in [6.45, 7) is 5.17. The third-order valence-corrected chi connectivity index (χ3v) is 2.55. The maximum atomic E-state index is 11.8. The molecule has 1 rings (SSSR count). The highest BCUT2D eigenvalue weighted by atomic mass is 16.5. The van der Waals surface area contributed by atoms with Crippen LogP contribution in [0.5, 0.6) is 11.5 Å². The predicted octanol–water partition coefficient (Wildman–Crippen LogP) is 0.874. The molecule has 0 aliphatic heterocycles. The topological polar surface area (TPSA) is 95.9 Å². The van der Waals surface area contributed by atoms with E-state index < -0.39 is 17.9 Å². The molecule has 6 heteroatoms. The molecule has 108 valence electrons. The van der Waals surface area contributed by atoms with E-state index in [1.807, 2.05) is 0 Å². The summed E-state index contributed by atoms with van der Waals surface area (Å²) < 4.78 is 4.88. The lowest BCUT2D eigenvalue weighted by molar-refractivity contribution is -0.146. The van der Waals surface area contributed by atoms with Crippen molar-refractivity contribution in [3.05, 3.63) is 36.4 Å². The van der Waals surface area contributed by atoms with Crippen LogP contribution < -0.4 is 5.32 Å². The SMILES string of the molecule is C=CC(=O)NC(Cc1ccc(O)c(O)c1)C(=O)OCC. The largest absolute Gasteiger partial charge is 0.504 e. The van der Waals surface area contributed by atoms with Crippen LogP contribution in [-0.2, 0) is 20.7 Å². The zero-order valence-corrected chi connectivity index (χ0v) is 11.1. The van der Waals surface area contributed by atoms with Crippen LogP contribution in [0.15, 0.2) is 30.9 Å². The van der Waals surface area contributed by atoms with Gasteiger partial charge >= 0.3 is 5.97 Å². The summed E-state index contributed by atoms with van der Waals surface area (Å²) in [6, 6.07) is 3.29. The number of amides is 1. The third kappa shape index (κ3) is 4.31. The first kappa shape index (κ1) is 15.6. The summed E-state index contributed by atoms with van der Waals surface area (Å²) in [6.07, 6.45) is 1.19. The number of carbonyl (C=O) groups is 2. The molecule has 3 N–H and O–H groups in total. The molecule has 0 heterocycles. The fourth-order valence-electron chi connectivity index (χ4n) is 1.60. The zero-order valence-electron chi connectivity index (χ0n) is 11.1. The summed E-state index contributed by atoms with van der Waals surface area (Å²) in [5, 5.41) is 21.1. The number of ether oxygens (including phenoxy) is 1. The van der Waals surface area contributed by atoms with Crippen LogP contribution >= 0.6 is 0 Å². The molecule has 1 aromatic carbocycles. The Morgan fingerprint density at radius 2 is 2.10 bits per heavy atom. The predicted molar refractivity (Wildman–Crippen MR) is 72.2 cm³/mol. The van der Waals surface area contributed by atoms with Crippen LogP contribution in [-0.4, -0.2) is 34.7 Å². The Hall–Kier alpha value is -2.50. The Morgan fingerprint density at radius 3 is 2.65 bits per heavy atom. The molecule has 0 aliphatic carbocycles. The summed E-state index contributed by atoms with van der Waals surface area (Å²) in [5.74, 6) is -1.61. The smallest absolute Gasteiger partial charge is 0.328 e. The Morgan fingerprint density at radius 1 is 1.40 bits per heavy atom. The van der Waals surface area contributed by atoms with Crippen molar-refractivity contribution in [3.63, 3.8) is 0 Å². The molecule has 0 saturated carbocycles. The van der Waals surface area contributed by atoms with Crippen molar-refractivity contribution >= 4 is 11.9 Å². The Bertz CT molecular complexity index is 512. The van der Waals surface area contributed by atoms with Gasteiger partial charge in [-0.1, -0.05) is 12.6 Å². The first-order valence-corrected chi connectivity index (χ1v) is 6.08. The van der Waals surface area contributed by atoms with Gasteiger partial charge in [-0.3, -0.25) is 4.79 Å². The maximum Gasteiger partial charge on any atom is 0.328 e. The number of phenolic OH excluding ortho intramolecular Hbond substituents is 2. The standard InChI is InChI=1S/C14H17NO5/c1-3-13(18)15-10(14(19)20-4-2)7-9-5-6-11(16)12(17)8-9/h3,5-6,8,10,16-17H,1,4,7H2,2H3,(H,15,18). The van der Waals surface area contributed by atoms with E-state index >= 15 is 0 Å². The molecular weight excluding hydrogens is 262 g/mol. The normalized spacial score (nSPS) is 11.4. The van der Waals surface area contributed by atoms with Gasteiger partial charge in [0.1, 0.15) is 6.04 Å². The van der Waals surface area contributed by atoms with E-state index in [1.54, 1.807) is 13.0 Å². The van der Waals surface area contributed by atoms with Crippen molar-refractivity contribution < 1.29 is 24.5 Å². The van der Waals surface area contributed by atoms with Crippen molar-refractivity contribution in [1.82, 2.24) is 5.32 Å². The van der Waals surface area contributed by atoms with Crippen LogP contribution in [0.1, 0.15) is 12.5 Å². The van der Waals surface area contributed by atoms with Gasteiger partial charge < -0.3 is 20.3 Å². The number of hydrogen-bond acceptors (Lipinski definition) is 5. The molecule has 0 saturated heterocycles. The van der Waals surface area contributed by atoms with Gasteiger partial charge in [-0.25, -0.2) is 4.79 Å². The van der Waals surface area contributed by atoms with Gasteiger partial charge in [0.05, 0.1) is 6.61 Å². The van der Waals surface area contributed by atoms with Crippen molar-refractivity contribution in [2.75, 3.05) is 6.61 Å². The van der Waals surface area contributed by atoms with Crippen LogP contribution in [0.2, 0.25) is 0 Å². The van der Waals surface area contributed by atoms with Crippen LogP contribution in [0, 0.1) is 0 Å². The van der Waals surface area contributed by atoms with E-state index in [-0.39, 0.29) is 24.5 Å². The van der Waals surface area contributed by atoms with Gasteiger partial charge in [-0.15, -0.1) is 0 Å². The monoisotopic (exact) mass is 279 g/mol. The lowest BCUT2D eigenvalue weighted by Crippen LogP contribution is -2.42. The number of rotatable bonds is 6. The van der Waals surface area contributed by atoms with E-state index in [0.29, 0.717) is 5.56 Å². The number of carbonyl (C=O) groups excluding carboxylic acids is 2. The maximum absolute atomic E-state index is 11.8. The lowest BCUT2D eigenvalue weighted by Gasteiger charge is -2.16. The van der Waals surface area contributed by atoms with E-state index in [1.165, 1.54) is 12.1 Å². The molecule has 0 radical (unpaired) electrons. The second-order valence-corrected chi connectivity index (χ2v) is 4.04. The van der Waals surface area contributed by atoms with Crippen LogP contribution in [0.25, 0.3) is 0 Å². The molecule has 0 spiro atoms. The minimum absolute atomic E-state index is 0.131. The van der Waals surface area contributed by atoms with Gasteiger partial charge in [0, 0.05) is 6.42 Å². The molecule has 6 nitrogen and oxygen atoms in total. The second-order valence-electron chi connectivity index (χ2n) is 4.04. The summed E-state index contributed by atoms with van der Waals surface area (Å²) in [4.78, 5) is 23.1. The fraction of sp³-hybridized carbons (Fsp3) is 0.286. The van der Waals surface area contributed by atoms with Gasteiger partial charge in [-0.2, -0.15) is 0 Å². The Balaban J connectivity index is 2.87. The highest BCUT2D eigenvalue weighted by Crippen LogP contribution is 2.25. The molecule has 1 aromatic rings. The second kappa shape index (κ2) is 7.18. The summed E-state index contributed by atoms with van der Waals surface area (Å²) in [7, 11) is 0. The number of benzene rings is 1. The van der Waals surface area contributed by atoms with E-state index in [2.05, 4.69) is 11.9 Å². The Labute approximate surface area is 116 Å². The summed E-state index contributed by atoms with van der Waals surface area (Å²) >= 11 is 0. The fourth-order valence-corrected chi connectivity index (χ4v) is 1.60. The van der Waals surface area contributed by atoms with E-state index in [0.717, 1.165) is 6.08 Å². The molecule has 20 heavy (non-hydrogen) atoms. The number of esters is 1. The minimum Gasteiger partial charge on any atom is -0.504 e. The van der Waals surface area contributed by atoms with Crippen LogP contribution in [0.3, 0.4) is 0 Å². The first-order chi connectivity index (χ1) is 9.47. The number of hydrogen-bond donors (Lipinski definition) is 3. The summed E-state index contributed by atoms with van der Waals surface area (Å²) in [5.41, 5.74) is 0.572. The molecule has 0 aliphatic rings. The van der Waals surface area contributed by atoms with Gasteiger partial charge in [0.15, 0.2) is 11.5 Å². The van der Waals surface area contributed by atoms with Crippen molar-refractivity contribution in [2.24, 2.45) is 0 Å². The molecule has 0 bridgehead atoms. The average Bonchev–Trinajstić information content (AvgIpc) is 2.42. The highest BCUT2D eigenvalue weighted by Gasteiger charge is 2.22. The van der Waals surface area contributed by atoms with Crippen molar-refractivity contribution in [3.8, 4) is 11.5 Å². The quantitative estimate of drug-likeness (QED) is 0.408. The molecular formula is C14H17NO5. The third-order valence-electron chi connectivity index (χ3n) is 2.55. The molecule has 0 fully saturated rings. The number of nitrogens with one attached hydrogen (secondary N) is 1. The molecule has 1 atom stereocenters. The van der Waals surface area contributed by atoms with Gasteiger partial charge in [0.25, 0.3) is 0 Å². The van der Waals surface area contributed by atoms with Crippen molar-refractivity contribution in [2.45, 2.75) is 19.4 Å².